The zero-order chi connectivity index (χ0) is 23.3. The Hall–Kier alpha value is -2.47. The lowest BCUT2D eigenvalue weighted by atomic mass is 10.1. The molecule has 7 nitrogen and oxygen atoms in total. The molecule has 3 N–H and O–H groups in total. The summed E-state index contributed by atoms with van der Waals surface area (Å²) in [5.74, 6) is 0.311. The molecule has 1 atom stereocenters. The maximum atomic E-state index is 12.6. The summed E-state index contributed by atoms with van der Waals surface area (Å²) in [7, 11) is 0. The van der Waals surface area contributed by atoms with Gasteiger partial charge in [0.25, 0.3) is 0 Å². The number of aliphatic imine (C=N–C) groups is 1. The Morgan fingerprint density at radius 3 is 2.33 bits per heavy atom. The van der Waals surface area contributed by atoms with Crippen LogP contribution < -0.4 is 15.4 Å². The van der Waals surface area contributed by atoms with E-state index in [4.69, 9.17) is 0 Å². The molecular formula is C23H31F2IN4O3. The van der Waals surface area contributed by atoms with Gasteiger partial charge in [-0.15, -0.1) is 24.0 Å². The Morgan fingerprint density at radius 1 is 1.09 bits per heavy atom. The van der Waals surface area contributed by atoms with E-state index >= 15 is 0 Å². The maximum absolute atomic E-state index is 12.6. The first kappa shape index (κ1) is 28.6. The molecule has 0 aliphatic heterocycles. The fraction of sp³-hybridized carbons (Fsp3) is 0.391. The van der Waals surface area contributed by atoms with Crippen molar-refractivity contribution >= 4 is 35.8 Å². The number of hydrogen-bond acceptors (Lipinski definition) is 4. The number of ether oxygens (including phenoxy) is 1. The fourth-order valence-corrected chi connectivity index (χ4v) is 2.95. The molecule has 0 bridgehead atoms. The van der Waals surface area contributed by atoms with E-state index in [0.29, 0.717) is 31.2 Å². The van der Waals surface area contributed by atoms with Crippen LogP contribution in [0.5, 0.6) is 5.75 Å². The minimum atomic E-state index is -2.90. The normalized spacial score (nSPS) is 12.0. The highest BCUT2D eigenvalue weighted by Crippen LogP contribution is 2.19. The quantitative estimate of drug-likeness (QED) is 0.217. The van der Waals surface area contributed by atoms with Gasteiger partial charge in [-0.2, -0.15) is 8.78 Å². The van der Waals surface area contributed by atoms with Crippen molar-refractivity contribution in [2.75, 3.05) is 26.2 Å². The first-order valence-electron chi connectivity index (χ1n) is 10.5. The monoisotopic (exact) mass is 576 g/mol. The van der Waals surface area contributed by atoms with Gasteiger partial charge in [-0.25, -0.2) is 4.99 Å². The van der Waals surface area contributed by atoms with Crippen LogP contribution in [-0.2, 0) is 11.3 Å². The largest absolute Gasteiger partial charge is 0.435 e. The van der Waals surface area contributed by atoms with E-state index in [1.54, 1.807) is 4.90 Å². The second-order valence-electron chi connectivity index (χ2n) is 6.93. The second kappa shape index (κ2) is 15.4. The predicted octanol–water partition coefficient (Wildman–Crippen LogP) is 3.54. The molecule has 0 aliphatic carbocycles. The van der Waals surface area contributed by atoms with Gasteiger partial charge in [0.15, 0.2) is 5.96 Å². The second-order valence-corrected chi connectivity index (χ2v) is 6.93. The van der Waals surface area contributed by atoms with E-state index in [1.807, 2.05) is 44.2 Å². The lowest BCUT2D eigenvalue weighted by Crippen LogP contribution is -2.40. The van der Waals surface area contributed by atoms with Crippen molar-refractivity contribution < 1.29 is 23.4 Å². The average molecular weight is 576 g/mol. The number of aliphatic hydroxyl groups excluding tert-OH is 1. The summed E-state index contributed by atoms with van der Waals surface area (Å²) in [6.07, 6.45) is -0.902. The summed E-state index contributed by atoms with van der Waals surface area (Å²) in [5, 5.41) is 16.4. The Bertz CT molecular complexity index is 855. The van der Waals surface area contributed by atoms with Gasteiger partial charge in [0, 0.05) is 26.2 Å². The molecule has 10 heteroatoms. The molecule has 0 spiro atoms. The smallest absolute Gasteiger partial charge is 0.387 e. The summed E-state index contributed by atoms with van der Waals surface area (Å²) in [4.78, 5) is 18.7. The number of nitrogens with one attached hydrogen (secondary N) is 2. The number of guanidine groups is 1. The molecule has 0 aliphatic rings. The summed E-state index contributed by atoms with van der Waals surface area (Å²) < 4.78 is 28.8. The van der Waals surface area contributed by atoms with Crippen molar-refractivity contribution in [2.24, 2.45) is 4.99 Å². The predicted molar refractivity (Wildman–Crippen MR) is 135 cm³/mol. The highest BCUT2D eigenvalue weighted by atomic mass is 127. The Morgan fingerprint density at radius 2 is 1.76 bits per heavy atom. The number of nitrogens with zero attached hydrogens (tertiary/aromatic N) is 2. The number of hydrogen-bond donors (Lipinski definition) is 3. The van der Waals surface area contributed by atoms with Crippen LogP contribution in [0.2, 0.25) is 0 Å². The standard InChI is InChI=1S/C23H30F2N4O3.HI/c1-3-26-23(27-14-20(30)18-10-12-19(13-11-18)32-22(24)25)28-15-21(31)29(4-2)16-17-8-6-5-7-9-17;/h5-13,20,22,30H,3-4,14-16H2,1-2H3,(H2,26,27,28);1H. The minimum absolute atomic E-state index is 0. The number of benzene rings is 2. The molecule has 0 saturated carbocycles. The minimum Gasteiger partial charge on any atom is -0.435 e. The lowest BCUT2D eigenvalue weighted by Gasteiger charge is -2.21. The van der Waals surface area contributed by atoms with Crippen molar-refractivity contribution in [3.05, 3.63) is 65.7 Å². The molecule has 2 aromatic rings. The van der Waals surface area contributed by atoms with Crippen LogP contribution in [-0.4, -0.2) is 54.7 Å². The summed E-state index contributed by atoms with van der Waals surface area (Å²) in [5.41, 5.74) is 1.58. The Labute approximate surface area is 210 Å². The molecule has 0 aromatic heterocycles. The van der Waals surface area contributed by atoms with Crippen molar-refractivity contribution in [3.8, 4) is 5.75 Å². The number of aliphatic hydroxyl groups is 1. The van der Waals surface area contributed by atoms with Crippen LogP contribution in [0, 0.1) is 0 Å². The van der Waals surface area contributed by atoms with Crippen molar-refractivity contribution in [3.63, 3.8) is 0 Å². The summed E-state index contributed by atoms with van der Waals surface area (Å²) in [6.45, 7) is 2.66. The van der Waals surface area contributed by atoms with Crippen LogP contribution >= 0.6 is 24.0 Å². The van der Waals surface area contributed by atoms with Gasteiger partial charge in [-0.1, -0.05) is 42.5 Å². The molecule has 0 radical (unpaired) electrons. The van der Waals surface area contributed by atoms with Gasteiger partial charge in [0.05, 0.1) is 6.10 Å². The maximum Gasteiger partial charge on any atom is 0.387 e. The first-order valence-corrected chi connectivity index (χ1v) is 10.5. The molecule has 1 unspecified atom stereocenters. The molecule has 0 heterocycles. The Balaban J connectivity index is 0.00000544. The third-order valence-electron chi connectivity index (χ3n) is 4.62. The van der Waals surface area contributed by atoms with Gasteiger partial charge in [-0.3, -0.25) is 4.79 Å². The number of halogens is 3. The topological polar surface area (TPSA) is 86.2 Å². The molecule has 0 saturated heterocycles. The van der Waals surface area contributed by atoms with Gasteiger partial charge in [0.1, 0.15) is 12.3 Å². The molecular weight excluding hydrogens is 545 g/mol. The molecule has 1 amide bonds. The van der Waals surface area contributed by atoms with Crippen molar-refractivity contribution in [1.82, 2.24) is 15.5 Å². The number of alkyl halides is 2. The van der Waals surface area contributed by atoms with E-state index in [1.165, 1.54) is 24.3 Å². The van der Waals surface area contributed by atoms with Gasteiger partial charge >= 0.3 is 6.61 Å². The SMILES string of the molecule is CCNC(=NCC(=O)N(CC)Cc1ccccc1)NCC(O)c1ccc(OC(F)F)cc1.I. The van der Waals surface area contributed by atoms with E-state index in [-0.39, 0.29) is 48.7 Å². The number of carbonyl (C=O) groups excluding carboxylic acids is 1. The fourth-order valence-electron chi connectivity index (χ4n) is 2.95. The third-order valence-corrected chi connectivity index (χ3v) is 4.62. The molecule has 33 heavy (non-hydrogen) atoms. The highest BCUT2D eigenvalue weighted by Gasteiger charge is 2.13. The molecule has 2 rings (SSSR count). The van der Waals surface area contributed by atoms with Gasteiger partial charge in [-0.05, 0) is 37.1 Å². The number of rotatable bonds is 11. The van der Waals surface area contributed by atoms with Crippen LogP contribution in [0.1, 0.15) is 31.1 Å². The zero-order valence-electron chi connectivity index (χ0n) is 18.7. The van der Waals surface area contributed by atoms with Gasteiger partial charge < -0.3 is 25.4 Å². The van der Waals surface area contributed by atoms with E-state index in [9.17, 15) is 18.7 Å². The van der Waals surface area contributed by atoms with E-state index in [0.717, 1.165) is 5.56 Å². The van der Waals surface area contributed by atoms with Crippen LogP contribution in [0.15, 0.2) is 59.6 Å². The van der Waals surface area contributed by atoms with Crippen molar-refractivity contribution in [2.45, 2.75) is 33.1 Å². The van der Waals surface area contributed by atoms with E-state index < -0.39 is 12.7 Å². The third kappa shape index (κ3) is 10.3. The number of carbonyl (C=O) groups is 1. The number of amides is 1. The van der Waals surface area contributed by atoms with Gasteiger partial charge in [0.2, 0.25) is 5.91 Å². The molecule has 182 valence electrons. The van der Waals surface area contributed by atoms with E-state index in [2.05, 4.69) is 20.4 Å². The molecule has 2 aromatic carbocycles. The highest BCUT2D eigenvalue weighted by molar-refractivity contribution is 14.0. The average Bonchev–Trinajstić information content (AvgIpc) is 2.79. The van der Waals surface area contributed by atoms with Crippen LogP contribution in [0.3, 0.4) is 0 Å². The summed E-state index contributed by atoms with van der Waals surface area (Å²) in [6, 6.07) is 15.5. The molecule has 0 fully saturated rings. The van der Waals surface area contributed by atoms with Crippen LogP contribution in [0.25, 0.3) is 0 Å². The van der Waals surface area contributed by atoms with Crippen LogP contribution in [0.4, 0.5) is 8.78 Å². The lowest BCUT2D eigenvalue weighted by molar-refractivity contribution is -0.130. The first-order chi connectivity index (χ1) is 15.4. The summed E-state index contributed by atoms with van der Waals surface area (Å²) >= 11 is 0. The van der Waals surface area contributed by atoms with Crippen molar-refractivity contribution in [1.29, 1.82) is 0 Å². The Kier molecular flexibility index (Phi) is 13.3. The number of likely N-dealkylation sites (N-methyl/N-ethyl adjacent to an activating group) is 1. The zero-order valence-corrected chi connectivity index (χ0v) is 21.0.